The second-order valence-corrected chi connectivity index (χ2v) is 5.70. The summed E-state index contributed by atoms with van der Waals surface area (Å²) >= 11 is 6.02. The van der Waals surface area contributed by atoms with Crippen molar-refractivity contribution in [3.05, 3.63) is 29.3 Å². The third-order valence-electron chi connectivity index (χ3n) is 3.67. The first-order valence-electron chi connectivity index (χ1n) is 7.10. The van der Waals surface area contributed by atoms with Crippen molar-refractivity contribution in [3.63, 3.8) is 0 Å². The van der Waals surface area contributed by atoms with Crippen molar-refractivity contribution in [2.75, 3.05) is 38.5 Å². The molecule has 1 saturated heterocycles. The summed E-state index contributed by atoms with van der Waals surface area (Å²) in [4.78, 5) is 14.3. The number of para-hydroxylation sites is 1. The molecule has 1 amide bonds. The van der Waals surface area contributed by atoms with E-state index in [2.05, 4.69) is 15.5 Å². The number of amides is 1. The number of hydrogen-bond acceptors (Lipinski definition) is 3. The molecule has 1 aliphatic heterocycles. The SMILES string of the molecule is CNCC1CCN(CCC(=O)Nc2ccccc2Cl)C1.Cl. The van der Waals surface area contributed by atoms with Crippen LogP contribution in [-0.2, 0) is 4.79 Å². The number of halogens is 2. The van der Waals surface area contributed by atoms with Crippen LogP contribution in [0.1, 0.15) is 12.8 Å². The summed E-state index contributed by atoms with van der Waals surface area (Å²) in [6.07, 6.45) is 1.73. The van der Waals surface area contributed by atoms with Gasteiger partial charge in [0.2, 0.25) is 5.91 Å². The molecule has 6 heteroatoms. The Bertz CT molecular complexity index is 456. The number of anilines is 1. The largest absolute Gasteiger partial charge is 0.325 e. The Morgan fingerprint density at radius 3 is 2.90 bits per heavy atom. The van der Waals surface area contributed by atoms with Gasteiger partial charge in [0.05, 0.1) is 10.7 Å². The summed E-state index contributed by atoms with van der Waals surface area (Å²) in [5, 5.41) is 6.65. The molecule has 4 nitrogen and oxygen atoms in total. The van der Waals surface area contributed by atoms with Gasteiger partial charge in [-0.15, -0.1) is 12.4 Å². The number of carbonyl (C=O) groups excluding carboxylic acids is 1. The summed E-state index contributed by atoms with van der Waals surface area (Å²) in [6.45, 7) is 4.05. The molecule has 2 rings (SSSR count). The van der Waals surface area contributed by atoms with Crippen LogP contribution in [0.4, 0.5) is 5.69 Å². The van der Waals surface area contributed by atoms with Crippen molar-refractivity contribution >= 4 is 35.6 Å². The summed E-state index contributed by atoms with van der Waals surface area (Å²) in [6, 6.07) is 7.31. The van der Waals surface area contributed by atoms with Crippen LogP contribution in [0.5, 0.6) is 0 Å². The maximum absolute atomic E-state index is 11.9. The van der Waals surface area contributed by atoms with E-state index in [0.29, 0.717) is 23.0 Å². The molecule has 118 valence electrons. The first-order valence-corrected chi connectivity index (χ1v) is 7.48. The Labute approximate surface area is 137 Å². The van der Waals surface area contributed by atoms with E-state index in [1.54, 1.807) is 6.07 Å². The van der Waals surface area contributed by atoms with Gasteiger partial charge in [0.15, 0.2) is 0 Å². The molecular weight excluding hydrogens is 309 g/mol. The van der Waals surface area contributed by atoms with Gasteiger partial charge < -0.3 is 15.5 Å². The fourth-order valence-electron chi connectivity index (χ4n) is 2.61. The summed E-state index contributed by atoms with van der Waals surface area (Å²) in [7, 11) is 1.99. The Balaban J connectivity index is 0.00000220. The Morgan fingerprint density at radius 2 is 2.19 bits per heavy atom. The van der Waals surface area contributed by atoms with Gasteiger partial charge >= 0.3 is 0 Å². The van der Waals surface area contributed by atoms with E-state index >= 15 is 0 Å². The molecule has 1 aromatic carbocycles. The summed E-state index contributed by atoms with van der Waals surface area (Å²) in [5.41, 5.74) is 0.689. The van der Waals surface area contributed by atoms with E-state index in [4.69, 9.17) is 11.6 Å². The van der Waals surface area contributed by atoms with Crippen LogP contribution in [0.3, 0.4) is 0 Å². The molecular formula is C15H23Cl2N3O. The number of nitrogens with zero attached hydrogens (tertiary/aromatic N) is 1. The standard InChI is InChI=1S/C15H22ClN3O.ClH/c1-17-10-12-6-8-19(11-12)9-7-15(20)18-14-5-3-2-4-13(14)16;/h2-5,12,17H,6-11H2,1H3,(H,18,20);1H. The van der Waals surface area contributed by atoms with E-state index < -0.39 is 0 Å². The highest BCUT2D eigenvalue weighted by molar-refractivity contribution is 6.33. The number of likely N-dealkylation sites (tertiary alicyclic amines) is 1. The van der Waals surface area contributed by atoms with Gasteiger partial charge in [-0.1, -0.05) is 23.7 Å². The van der Waals surface area contributed by atoms with E-state index in [0.717, 1.165) is 26.2 Å². The van der Waals surface area contributed by atoms with Crippen LogP contribution in [-0.4, -0.2) is 44.0 Å². The molecule has 0 spiro atoms. The van der Waals surface area contributed by atoms with E-state index in [1.807, 2.05) is 25.2 Å². The lowest BCUT2D eigenvalue weighted by Gasteiger charge is -2.15. The predicted molar refractivity (Wildman–Crippen MR) is 90.4 cm³/mol. The monoisotopic (exact) mass is 331 g/mol. The third-order valence-corrected chi connectivity index (χ3v) is 4.00. The van der Waals surface area contributed by atoms with Crippen LogP contribution >= 0.6 is 24.0 Å². The van der Waals surface area contributed by atoms with Gasteiger partial charge in [0, 0.05) is 19.5 Å². The lowest BCUT2D eigenvalue weighted by Crippen LogP contribution is -2.27. The first kappa shape index (κ1) is 18.2. The molecule has 0 aromatic heterocycles. The van der Waals surface area contributed by atoms with Crippen LogP contribution in [0.2, 0.25) is 5.02 Å². The zero-order chi connectivity index (χ0) is 14.4. The Kier molecular flexibility index (Phi) is 8.04. The van der Waals surface area contributed by atoms with Crippen molar-refractivity contribution in [3.8, 4) is 0 Å². The quantitative estimate of drug-likeness (QED) is 0.842. The molecule has 2 N–H and O–H groups in total. The highest BCUT2D eigenvalue weighted by Gasteiger charge is 2.21. The van der Waals surface area contributed by atoms with Gasteiger partial charge in [-0.2, -0.15) is 0 Å². The van der Waals surface area contributed by atoms with Crippen LogP contribution in [0.15, 0.2) is 24.3 Å². The molecule has 1 aliphatic rings. The van der Waals surface area contributed by atoms with Crippen molar-refractivity contribution in [1.29, 1.82) is 0 Å². The summed E-state index contributed by atoms with van der Waals surface area (Å²) < 4.78 is 0. The van der Waals surface area contributed by atoms with Crippen molar-refractivity contribution in [2.45, 2.75) is 12.8 Å². The summed E-state index contributed by atoms with van der Waals surface area (Å²) in [5.74, 6) is 0.738. The van der Waals surface area contributed by atoms with Crippen molar-refractivity contribution in [2.24, 2.45) is 5.92 Å². The maximum Gasteiger partial charge on any atom is 0.225 e. The molecule has 1 aromatic rings. The molecule has 0 radical (unpaired) electrons. The maximum atomic E-state index is 11.9. The molecule has 1 heterocycles. The van der Waals surface area contributed by atoms with Gasteiger partial charge in [-0.3, -0.25) is 4.79 Å². The Hall–Kier alpha value is -0.810. The van der Waals surface area contributed by atoms with Gasteiger partial charge in [0.1, 0.15) is 0 Å². The van der Waals surface area contributed by atoms with Gasteiger partial charge in [0.25, 0.3) is 0 Å². The van der Waals surface area contributed by atoms with Crippen LogP contribution in [0, 0.1) is 5.92 Å². The minimum Gasteiger partial charge on any atom is -0.325 e. The zero-order valence-corrected chi connectivity index (χ0v) is 13.8. The smallest absolute Gasteiger partial charge is 0.225 e. The average Bonchev–Trinajstić information content (AvgIpc) is 2.87. The van der Waals surface area contributed by atoms with Crippen molar-refractivity contribution < 1.29 is 4.79 Å². The van der Waals surface area contributed by atoms with Gasteiger partial charge in [-0.05, 0) is 44.6 Å². The van der Waals surface area contributed by atoms with E-state index in [9.17, 15) is 4.79 Å². The number of hydrogen-bond donors (Lipinski definition) is 2. The molecule has 0 saturated carbocycles. The topological polar surface area (TPSA) is 44.4 Å². The second-order valence-electron chi connectivity index (χ2n) is 5.29. The van der Waals surface area contributed by atoms with Gasteiger partial charge in [-0.25, -0.2) is 0 Å². The normalized spacial score (nSPS) is 18.3. The van der Waals surface area contributed by atoms with E-state index in [1.165, 1.54) is 6.42 Å². The minimum absolute atomic E-state index is 0. The molecule has 0 aliphatic carbocycles. The third kappa shape index (κ3) is 5.83. The van der Waals surface area contributed by atoms with Crippen LogP contribution in [0.25, 0.3) is 0 Å². The average molecular weight is 332 g/mol. The molecule has 1 atom stereocenters. The lowest BCUT2D eigenvalue weighted by molar-refractivity contribution is -0.116. The molecule has 0 bridgehead atoms. The highest BCUT2D eigenvalue weighted by Crippen LogP contribution is 2.21. The number of nitrogens with one attached hydrogen (secondary N) is 2. The van der Waals surface area contributed by atoms with Crippen molar-refractivity contribution in [1.82, 2.24) is 10.2 Å². The minimum atomic E-state index is 0. The lowest BCUT2D eigenvalue weighted by atomic mass is 10.1. The first-order chi connectivity index (χ1) is 9.69. The predicted octanol–water partition coefficient (Wildman–Crippen LogP) is 2.63. The second kappa shape index (κ2) is 9.26. The molecule has 1 unspecified atom stereocenters. The molecule has 21 heavy (non-hydrogen) atoms. The zero-order valence-electron chi connectivity index (χ0n) is 12.3. The number of carbonyl (C=O) groups is 1. The number of benzene rings is 1. The molecule has 1 fully saturated rings. The fraction of sp³-hybridized carbons (Fsp3) is 0.533. The van der Waals surface area contributed by atoms with E-state index in [-0.39, 0.29) is 18.3 Å². The number of rotatable bonds is 6. The highest BCUT2D eigenvalue weighted by atomic mass is 35.5. The Morgan fingerprint density at radius 1 is 1.43 bits per heavy atom. The van der Waals surface area contributed by atoms with Crippen LogP contribution < -0.4 is 10.6 Å². The fourth-order valence-corrected chi connectivity index (χ4v) is 2.79.